The Hall–Kier alpha value is -0.610. The molecule has 1 unspecified atom stereocenters. The topological polar surface area (TPSA) is 55.8 Å². The number of carboxylic acids is 1. The first-order valence-corrected chi connectivity index (χ1v) is 3.86. The second-order valence-corrected chi connectivity index (χ2v) is 2.74. The Kier molecular flexibility index (Phi) is 4.85. The summed E-state index contributed by atoms with van der Waals surface area (Å²) in [7, 11) is 3.04. The molecule has 1 N–H and O–H groups in total. The van der Waals surface area contributed by atoms with Crippen LogP contribution in [0.2, 0.25) is 0 Å². The number of methoxy groups -OCH3 is 2. The molecule has 0 saturated heterocycles. The number of aliphatic carboxylic acids is 1. The Bertz CT molecular complexity index is 140. The van der Waals surface area contributed by atoms with Crippen LogP contribution in [0.25, 0.3) is 0 Å². The van der Waals surface area contributed by atoms with E-state index in [1.807, 2.05) is 6.92 Å². The highest BCUT2D eigenvalue weighted by Crippen LogP contribution is 2.19. The Balaban J connectivity index is 4.23. The van der Waals surface area contributed by atoms with Crippen molar-refractivity contribution in [2.24, 2.45) is 0 Å². The van der Waals surface area contributed by atoms with Crippen molar-refractivity contribution in [3.8, 4) is 0 Å². The van der Waals surface area contributed by atoms with E-state index in [4.69, 9.17) is 14.6 Å². The second kappa shape index (κ2) is 5.11. The van der Waals surface area contributed by atoms with Crippen molar-refractivity contribution in [1.29, 1.82) is 0 Å². The van der Waals surface area contributed by atoms with Crippen LogP contribution in [0, 0.1) is 0 Å². The first kappa shape index (κ1) is 11.4. The van der Waals surface area contributed by atoms with E-state index in [9.17, 15) is 4.79 Å². The second-order valence-electron chi connectivity index (χ2n) is 2.74. The molecule has 0 bridgehead atoms. The van der Waals surface area contributed by atoms with Gasteiger partial charge in [-0.3, -0.25) is 4.79 Å². The molecule has 0 heterocycles. The molecule has 0 aliphatic heterocycles. The number of rotatable bonds is 6. The van der Waals surface area contributed by atoms with E-state index >= 15 is 0 Å². The molecule has 0 aromatic carbocycles. The van der Waals surface area contributed by atoms with Crippen molar-refractivity contribution in [1.82, 2.24) is 0 Å². The smallest absolute Gasteiger partial charge is 0.306 e. The van der Waals surface area contributed by atoms with Crippen LogP contribution in [0.15, 0.2) is 0 Å². The summed E-state index contributed by atoms with van der Waals surface area (Å²) >= 11 is 0. The quantitative estimate of drug-likeness (QED) is 0.653. The molecule has 0 aromatic rings. The van der Waals surface area contributed by atoms with Gasteiger partial charge in [-0.05, 0) is 6.42 Å². The van der Waals surface area contributed by atoms with Crippen LogP contribution >= 0.6 is 0 Å². The van der Waals surface area contributed by atoms with E-state index in [0.29, 0.717) is 13.0 Å². The summed E-state index contributed by atoms with van der Waals surface area (Å²) in [6.45, 7) is 2.19. The average Bonchev–Trinajstić information content (AvgIpc) is 2.03. The molecular weight excluding hydrogens is 160 g/mol. The van der Waals surface area contributed by atoms with Crippen molar-refractivity contribution < 1.29 is 19.4 Å². The Morgan fingerprint density at radius 3 is 2.33 bits per heavy atom. The summed E-state index contributed by atoms with van der Waals surface area (Å²) in [6.07, 6.45) is 0.609. The lowest BCUT2D eigenvalue weighted by Crippen LogP contribution is -2.38. The van der Waals surface area contributed by atoms with Gasteiger partial charge in [-0.1, -0.05) is 6.92 Å². The number of carbonyl (C=O) groups is 1. The minimum atomic E-state index is -0.865. The average molecular weight is 176 g/mol. The lowest BCUT2D eigenvalue weighted by atomic mass is 9.97. The minimum absolute atomic E-state index is 0.0200. The largest absolute Gasteiger partial charge is 0.481 e. The molecule has 0 amide bonds. The van der Waals surface area contributed by atoms with Crippen molar-refractivity contribution >= 4 is 5.97 Å². The van der Waals surface area contributed by atoms with Crippen molar-refractivity contribution in [3.63, 3.8) is 0 Å². The van der Waals surface area contributed by atoms with Crippen molar-refractivity contribution in [3.05, 3.63) is 0 Å². The third-order valence-corrected chi connectivity index (χ3v) is 1.96. The van der Waals surface area contributed by atoms with Gasteiger partial charge >= 0.3 is 5.97 Å². The summed E-state index contributed by atoms with van der Waals surface area (Å²) in [5.74, 6) is -0.865. The van der Waals surface area contributed by atoms with Gasteiger partial charge in [0.25, 0.3) is 0 Å². The molecule has 0 aliphatic carbocycles. The Morgan fingerprint density at radius 1 is 1.50 bits per heavy atom. The van der Waals surface area contributed by atoms with Crippen LogP contribution in [0.5, 0.6) is 0 Å². The summed E-state index contributed by atoms with van der Waals surface area (Å²) in [5, 5.41) is 8.60. The van der Waals surface area contributed by atoms with Gasteiger partial charge < -0.3 is 14.6 Å². The molecule has 0 aliphatic rings. The van der Waals surface area contributed by atoms with Gasteiger partial charge in [0.05, 0.1) is 13.0 Å². The molecule has 0 spiro atoms. The monoisotopic (exact) mass is 176 g/mol. The number of carboxylic acid groups (broad SMARTS) is 1. The van der Waals surface area contributed by atoms with Crippen molar-refractivity contribution in [2.45, 2.75) is 25.4 Å². The molecule has 0 radical (unpaired) electrons. The maximum atomic E-state index is 10.5. The molecule has 4 heteroatoms. The predicted molar refractivity (Wildman–Crippen MR) is 44.2 cm³/mol. The van der Waals surface area contributed by atoms with E-state index < -0.39 is 11.6 Å². The highest BCUT2D eigenvalue weighted by molar-refractivity contribution is 5.68. The number of ether oxygens (including phenoxy) is 2. The summed E-state index contributed by atoms with van der Waals surface area (Å²) in [6, 6.07) is 0. The first-order chi connectivity index (χ1) is 5.60. The maximum Gasteiger partial charge on any atom is 0.306 e. The molecule has 4 nitrogen and oxygen atoms in total. The summed E-state index contributed by atoms with van der Waals surface area (Å²) in [4.78, 5) is 10.5. The molecule has 0 saturated carbocycles. The SMILES string of the molecule is CCC(COC)(CC(=O)O)OC. The zero-order valence-electron chi connectivity index (χ0n) is 7.79. The predicted octanol–water partition coefficient (Wildman–Crippen LogP) is 0.903. The van der Waals surface area contributed by atoms with Crippen LogP contribution < -0.4 is 0 Å². The van der Waals surface area contributed by atoms with Gasteiger partial charge in [-0.15, -0.1) is 0 Å². The van der Waals surface area contributed by atoms with Crippen molar-refractivity contribution in [2.75, 3.05) is 20.8 Å². The minimum Gasteiger partial charge on any atom is -0.481 e. The van der Waals surface area contributed by atoms with E-state index in [0.717, 1.165) is 0 Å². The van der Waals surface area contributed by atoms with E-state index in [1.54, 1.807) is 0 Å². The van der Waals surface area contributed by atoms with E-state index in [1.165, 1.54) is 14.2 Å². The maximum absolute atomic E-state index is 10.5. The zero-order valence-corrected chi connectivity index (χ0v) is 7.79. The van der Waals surface area contributed by atoms with E-state index in [2.05, 4.69) is 0 Å². The molecule has 0 aromatic heterocycles. The highest BCUT2D eigenvalue weighted by atomic mass is 16.5. The fourth-order valence-corrected chi connectivity index (χ4v) is 1.09. The van der Waals surface area contributed by atoms with Gasteiger partial charge in [-0.2, -0.15) is 0 Å². The highest BCUT2D eigenvalue weighted by Gasteiger charge is 2.30. The third-order valence-electron chi connectivity index (χ3n) is 1.96. The van der Waals surface area contributed by atoms with Crippen LogP contribution in [0.4, 0.5) is 0 Å². The van der Waals surface area contributed by atoms with Crippen LogP contribution in [0.1, 0.15) is 19.8 Å². The summed E-state index contributed by atoms with van der Waals surface area (Å²) in [5.41, 5.74) is -0.666. The Labute approximate surface area is 72.5 Å². The van der Waals surface area contributed by atoms with Crippen LogP contribution in [-0.4, -0.2) is 37.5 Å². The van der Waals surface area contributed by atoms with Gasteiger partial charge in [0.2, 0.25) is 0 Å². The molecule has 1 atom stereocenters. The summed E-state index contributed by atoms with van der Waals surface area (Å²) < 4.78 is 10.0. The fraction of sp³-hybridized carbons (Fsp3) is 0.875. The fourth-order valence-electron chi connectivity index (χ4n) is 1.09. The molecule has 72 valence electrons. The third kappa shape index (κ3) is 3.19. The molecule has 0 fully saturated rings. The zero-order chi connectivity index (χ0) is 9.61. The van der Waals surface area contributed by atoms with Gasteiger partial charge in [-0.25, -0.2) is 0 Å². The Morgan fingerprint density at radius 2 is 2.08 bits per heavy atom. The molecule has 12 heavy (non-hydrogen) atoms. The molecular formula is C8H16O4. The van der Waals surface area contributed by atoms with Crippen LogP contribution in [0.3, 0.4) is 0 Å². The molecule has 0 rings (SSSR count). The normalized spacial score (nSPS) is 15.6. The van der Waals surface area contributed by atoms with Crippen LogP contribution in [-0.2, 0) is 14.3 Å². The number of hydrogen-bond donors (Lipinski definition) is 1. The van der Waals surface area contributed by atoms with Gasteiger partial charge in [0.15, 0.2) is 0 Å². The van der Waals surface area contributed by atoms with E-state index in [-0.39, 0.29) is 6.42 Å². The lowest BCUT2D eigenvalue weighted by molar-refractivity contribution is -0.148. The lowest BCUT2D eigenvalue weighted by Gasteiger charge is -2.28. The van der Waals surface area contributed by atoms with Gasteiger partial charge in [0, 0.05) is 14.2 Å². The standard InChI is InChI=1S/C8H16O4/c1-4-8(12-3,6-11-2)5-7(9)10/h4-6H2,1-3H3,(H,9,10). The number of hydrogen-bond acceptors (Lipinski definition) is 3. The first-order valence-electron chi connectivity index (χ1n) is 3.86. The van der Waals surface area contributed by atoms with Gasteiger partial charge in [0.1, 0.15) is 5.60 Å².